The quantitative estimate of drug-likeness (QED) is 0.524. The van der Waals surface area contributed by atoms with Crippen LogP contribution in [0, 0.1) is 0 Å². The van der Waals surface area contributed by atoms with E-state index in [1.54, 1.807) is 18.3 Å². The Morgan fingerprint density at radius 2 is 2.11 bits per heavy atom. The van der Waals surface area contributed by atoms with Gasteiger partial charge in [0.15, 0.2) is 5.13 Å². The lowest BCUT2D eigenvalue weighted by Crippen LogP contribution is -2.23. The van der Waals surface area contributed by atoms with Crippen molar-refractivity contribution in [1.29, 1.82) is 0 Å². The van der Waals surface area contributed by atoms with Crippen molar-refractivity contribution >= 4 is 49.9 Å². The fourth-order valence-corrected chi connectivity index (χ4v) is 4.45. The van der Waals surface area contributed by atoms with E-state index < -0.39 is 0 Å². The second-order valence-electron chi connectivity index (χ2n) is 6.63. The number of anilines is 1. The van der Waals surface area contributed by atoms with Crippen LogP contribution in [0.4, 0.5) is 5.13 Å². The maximum atomic E-state index is 12.4. The first-order valence-corrected chi connectivity index (χ1v) is 11.0. The van der Waals surface area contributed by atoms with Crippen LogP contribution in [0.25, 0.3) is 0 Å². The summed E-state index contributed by atoms with van der Waals surface area (Å²) in [6, 6.07) is 11.3. The predicted molar refractivity (Wildman–Crippen MR) is 116 cm³/mol. The Labute approximate surface area is 180 Å². The van der Waals surface area contributed by atoms with Crippen molar-refractivity contribution in [2.24, 2.45) is 0 Å². The highest BCUT2D eigenvalue weighted by molar-refractivity contribution is 9.10. The van der Waals surface area contributed by atoms with Crippen LogP contribution >= 0.6 is 38.9 Å². The molecule has 0 saturated carbocycles. The molecule has 1 aliphatic rings. The molecule has 1 saturated heterocycles. The van der Waals surface area contributed by atoms with Gasteiger partial charge < -0.3 is 0 Å². The van der Waals surface area contributed by atoms with Gasteiger partial charge in [-0.1, -0.05) is 27.5 Å². The molecule has 8 heteroatoms. The number of benzene rings is 1. The van der Waals surface area contributed by atoms with Gasteiger partial charge >= 0.3 is 0 Å². The number of nitrogens with zero attached hydrogens (tertiary/aromatic N) is 3. The molecule has 1 amide bonds. The summed E-state index contributed by atoms with van der Waals surface area (Å²) in [6.07, 6.45) is 3.86. The Kier molecular flexibility index (Phi) is 6.06. The monoisotopic (exact) mass is 476 g/mol. The number of carbonyl (C=O) groups excluding carboxylic acids is 1. The summed E-state index contributed by atoms with van der Waals surface area (Å²) in [5.74, 6) is -0.151. The van der Waals surface area contributed by atoms with E-state index in [4.69, 9.17) is 11.6 Å². The summed E-state index contributed by atoms with van der Waals surface area (Å²) >= 11 is 10.8. The zero-order chi connectivity index (χ0) is 19.5. The number of carbonyl (C=O) groups is 1. The number of hydrogen-bond donors (Lipinski definition) is 1. The van der Waals surface area contributed by atoms with Crippen LogP contribution in [0.5, 0.6) is 0 Å². The minimum absolute atomic E-state index is 0.151. The van der Waals surface area contributed by atoms with Crippen LogP contribution in [0.3, 0.4) is 0 Å². The van der Waals surface area contributed by atoms with Crippen LogP contribution in [0.15, 0.2) is 52.4 Å². The first-order chi connectivity index (χ1) is 13.6. The summed E-state index contributed by atoms with van der Waals surface area (Å²) in [5.41, 5.74) is 2.61. The molecule has 1 fully saturated rings. The molecule has 3 heterocycles. The Morgan fingerprint density at radius 1 is 1.29 bits per heavy atom. The summed E-state index contributed by atoms with van der Waals surface area (Å²) in [5, 5.41) is 6.21. The number of amides is 1. The number of rotatable bonds is 5. The lowest BCUT2D eigenvalue weighted by Gasteiger charge is -2.22. The van der Waals surface area contributed by atoms with Crippen molar-refractivity contribution in [1.82, 2.24) is 14.9 Å². The zero-order valence-electron chi connectivity index (χ0n) is 14.9. The van der Waals surface area contributed by atoms with E-state index in [9.17, 15) is 4.79 Å². The predicted octanol–water partition coefficient (Wildman–Crippen LogP) is 5.54. The minimum Gasteiger partial charge on any atom is -0.298 e. The van der Waals surface area contributed by atoms with E-state index in [2.05, 4.69) is 36.1 Å². The number of halogens is 2. The average molecular weight is 478 g/mol. The SMILES string of the molecule is O=C(Nc1nc(C2CCCN2Cc2ccc(Cl)cn2)cs1)c1ccc(Br)cc1. The van der Waals surface area contributed by atoms with E-state index in [0.29, 0.717) is 15.7 Å². The molecule has 0 spiro atoms. The van der Waals surface area contributed by atoms with Gasteiger partial charge in [0, 0.05) is 28.2 Å². The molecule has 1 unspecified atom stereocenters. The summed E-state index contributed by atoms with van der Waals surface area (Å²) in [7, 11) is 0. The largest absolute Gasteiger partial charge is 0.298 e. The van der Waals surface area contributed by atoms with Gasteiger partial charge in [0.2, 0.25) is 0 Å². The average Bonchev–Trinajstić information content (AvgIpc) is 3.33. The number of likely N-dealkylation sites (tertiary alicyclic amines) is 1. The van der Waals surface area contributed by atoms with E-state index in [-0.39, 0.29) is 11.9 Å². The second kappa shape index (κ2) is 8.69. The third kappa shape index (κ3) is 4.60. The van der Waals surface area contributed by atoms with Crippen LogP contribution in [-0.2, 0) is 6.54 Å². The summed E-state index contributed by atoms with van der Waals surface area (Å²) in [4.78, 5) is 23.9. The smallest absolute Gasteiger partial charge is 0.257 e. The van der Waals surface area contributed by atoms with Crippen molar-refractivity contribution in [2.45, 2.75) is 25.4 Å². The summed E-state index contributed by atoms with van der Waals surface area (Å²) in [6.45, 7) is 1.77. The van der Waals surface area contributed by atoms with Gasteiger partial charge in [-0.15, -0.1) is 11.3 Å². The maximum Gasteiger partial charge on any atom is 0.257 e. The van der Waals surface area contributed by atoms with E-state index in [1.807, 2.05) is 29.6 Å². The molecule has 3 aromatic rings. The van der Waals surface area contributed by atoms with Gasteiger partial charge in [-0.2, -0.15) is 0 Å². The number of thiazole rings is 1. The highest BCUT2D eigenvalue weighted by atomic mass is 79.9. The van der Waals surface area contributed by atoms with Crippen molar-refractivity contribution in [3.8, 4) is 0 Å². The Morgan fingerprint density at radius 3 is 2.86 bits per heavy atom. The molecule has 1 aliphatic heterocycles. The molecule has 144 valence electrons. The first-order valence-electron chi connectivity index (χ1n) is 8.95. The van der Waals surface area contributed by atoms with Crippen molar-refractivity contribution < 1.29 is 4.79 Å². The minimum atomic E-state index is -0.151. The van der Waals surface area contributed by atoms with Crippen LogP contribution < -0.4 is 5.32 Å². The molecule has 2 aromatic heterocycles. The fraction of sp³-hybridized carbons (Fsp3) is 0.250. The molecule has 4 rings (SSSR count). The van der Waals surface area contributed by atoms with Gasteiger partial charge in [0.1, 0.15) is 0 Å². The van der Waals surface area contributed by atoms with Crippen LogP contribution in [0.2, 0.25) is 5.02 Å². The molecule has 0 bridgehead atoms. The van der Waals surface area contributed by atoms with Gasteiger partial charge in [-0.05, 0) is 55.8 Å². The lowest BCUT2D eigenvalue weighted by atomic mass is 10.1. The molecule has 1 atom stereocenters. The van der Waals surface area contributed by atoms with E-state index in [1.165, 1.54) is 11.3 Å². The Hall–Kier alpha value is -1.80. The first kappa shape index (κ1) is 19.5. The highest BCUT2D eigenvalue weighted by Gasteiger charge is 2.28. The number of aromatic nitrogens is 2. The lowest BCUT2D eigenvalue weighted by molar-refractivity contribution is 0.102. The second-order valence-corrected chi connectivity index (χ2v) is 8.85. The van der Waals surface area contributed by atoms with Gasteiger partial charge in [-0.3, -0.25) is 20.0 Å². The molecular formula is C20H18BrClN4OS. The number of hydrogen-bond acceptors (Lipinski definition) is 5. The van der Waals surface area contributed by atoms with Crippen LogP contribution in [-0.4, -0.2) is 27.3 Å². The van der Waals surface area contributed by atoms with Gasteiger partial charge in [0.25, 0.3) is 5.91 Å². The normalized spacial score (nSPS) is 17.0. The molecule has 1 aromatic carbocycles. The van der Waals surface area contributed by atoms with Crippen molar-refractivity contribution in [3.05, 3.63) is 74.4 Å². The number of pyridine rings is 1. The molecule has 1 N–H and O–H groups in total. The Balaban J connectivity index is 1.43. The van der Waals surface area contributed by atoms with E-state index in [0.717, 1.165) is 41.8 Å². The topological polar surface area (TPSA) is 58.1 Å². The molecular weight excluding hydrogens is 460 g/mol. The zero-order valence-corrected chi connectivity index (χ0v) is 18.1. The third-order valence-electron chi connectivity index (χ3n) is 4.71. The molecule has 28 heavy (non-hydrogen) atoms. The van der Waals surface area contributed by atoms with Crippen molar-refractivity contribution in [3.63, 3.8) is 0 Å². The fourth-order valence-electron chi connectivity index (χ4n) is 3.33. The molecule has 5 nitrogen and oxygen atoms in total. The standard InChI is InChI=1S/C20H18BrClN4OS/c21-14-5-3-13(4-6-14)19(27)25-20-24-17(12-28-20)18-2-1-9-26(18)11-16-8-7-15(22)10-23-16/h3-8,10,12,18H,1-2,9,11H2,(H,24,25,27). The molecule has 0 radical (unpaired) electrons. The highest BCUT2D eigenvalue weighted by Crippen LogP contribution is 2.34. The van der Waals surface area contributed by atoms with Gasteiger partial charge in [-0.25, -0.2) is 4.98 Å². The third-order valence-corrected chi connectivity index (χ3v) is 6.24. The summed E-state index contributed by atoms with van der Waals surface area (Å²) < 4.78 is 0.942. The van der Waals surface area contributed by atoms with Crippen molar-refractivity contribution in [2.75, 3.05) is 11.9 Å². The van der Waals surface area contributed by atoms with E-state index >= 15 is 0 Å². The van der Waals surface area contributed by atoms with Gasteiger partial charge in [0.05, 0.1) is 22.5 Å². The Bertz CT molecular complexity index is 961. The van der Waals surface area contributed by atoms with Crippen LogP contribution in [0.1, 0.15) is 40.6 Å². The molecule has 0 aliphatic carbocycles. The maximum absolute atomic E-state index is 12.4. The number of nitrogens with one attached hydrogen (secondary N) is 1.